The van der Waals surface area contributed by atoms with Crippen LogP contribution in [0.5, 0.6) is 0 Å². The van der Waals surface area contributed by atoms with Crippen molar-refractivity contribution < 1.29 is 0 Å². The van der Waals surface area contributed by atoms with E-state index >= 15 is 0 Å². The number of hydrogen-bond donors (Lipinski definition) is 0. The van der Waals surface area contributed by atoms with Gasteiger partial charge in [0.2, 0.25) is 0 Å². The lowest BCUT2D eigenvalue weighted by atomic mass is 9.96. The molecule has 0 unspecified atom stereocenters. The summed E-state index contributed by atoms with van der Waals surface area (Å²) >= 11 is 0. The average Bonchev–Trinajstić information content (AvgIpc) is 1.56. The van der Waals surface area contributed by atoms with Crippen LogP contribution in [0.3, 0.4) is 0 Å². The summed E-state index contributed by atoms with van der Waals surface area (Å²) in [5.74, 6) is 0. The number of nitrogens with zero attached hydrogens (tertiary/aromatic N) is 4. The molecule has 0 N–H and O–H groups in total. The van der Waals surface area contributed by atoms with Gasteiger partial charge >= 0.3 is 0 Å². The van der Waals surface area contributed by atoms with Crippen LogP contribution in [0.4, 0.5) is 0 Å². The van der Waals surface area contributed by atoms with E-state index in [0.29, 0.717) is 0 Å². The molecule has 132 heavy (non-hydrogen) atoms. The zero-order valence-corrected chi connectivity index (χ0v) is 85.3. The van der Waals surface area contributed by atoms with Gasteiger partial charge in [-0.05, 0) is 264 Å². The molecule has 4 heteroatoms. The Bertz CT molecular complexity index is 7370. The smallest absolute Gasteiger partial charge is 0.0570 e. The molecule has 0 amide bonds. The molecule has 0 fully saturated rings. The first-order valence-corrected chi connectivity index (χ1v) is 51.0. The van der Waals surface area contributed by atoms with Crippen molar-refractivity contribution >= 4 is 141 Å². The van der Waals surface area contributed by atoms with Crippen molar-refractivity contribution in [2.24, 2.45) is 0 Å². The molecule has 0 radical (unpaired) electrons. The molecule has 4 nitrogen and oxygen atoms in total. The van der Waals surface area contributed by atoms with Crippen molar-refractivity contribution in [3.8, 4) is 44.5 Å². The van der Waals surface area contributed by atoms with E-state index < -0.39 is 0 Å². The van der Waals surface area contributed by atoms with Crippen molar-refractivity contribution in [3.05, 3.63) is 348 Å². The third-order valence-corrected chi connectivity index (χ3v) is 24.9. The molecule has 4 heterocycles. The second kappa shape index (κ2) is 48.4. The van der Waals surface area contributed by atoms with Crippen molar-refractivity contribution in [2.75, 3.05) is 0 Å². The van der Waals surface area contributed by atoms with E-state index in [2.05, 4.69) is 349 Å². The van der Waals surface area contributed by atoms with Crippen molar-refractivity contribution in [1.82, 2.24) is 18.3 Å². The third kappa shape index (κ3) is 18.7. The maximum atomic E-state index is 2.49. The lowest BCUT2D eigenvalue weighted by Crippen LogP contribution is -1.94. The number of fused-ring (bicyclic) bond motifs is 33. The van der Waals surface area contributed by atoms with Crippen molar-refractivity contribution in [2.45, 2.75) is 246 Å². The highest BCUT2D eigenvalue weighted by molar-refractivity contribution is 6.24. The molecule has 4 aliphatic carbocycles. The largest absolute Gasteiger partial charge is 0.341 e. The van der Waals surface area contributed by atoms with Gasteiger partial charge in [0, 0.05) is 113 Å². The highest BCUT2D eigenvalue weighted by atomic mass is 15.0. The van der Waals surface area contributed by atoms with Gasteiger partial charge in [-0.1, -0.05) is 397 Å². The molecule has 21 aromatic rings. The fourth-order valence-corrected chi connectivity index (χ4v) is 20.1. The molecule has 4 aromatic heterocycles. The van der Waals surface area contributed by atoms with Crippen LogP contribution in [-0.2, 0) is 51.9 Å². The normalized spacial score (nSPS) is 11.0. The predicted molar refractivity (Wildman–Crippen MR) is 597 cm³/mol. The summed E-state index contributed by atoms with van der Waals surface area (Å²) in [4.78, 5) is 0. The van der Waals surface area contributed by atoms with E-state index in [4.69, 9.17) is 0 Å². The fraction of sp³-hybridized carbons (Fsp3) is 0.281. The number of aryl methyl sites for hydroxylation is 4. The van der Waals surface area contributed by atoms with Gasteiger partial charge in [0.25, 0.3) is 0 Å². The van der Waals surface area contributed by atoms with Crippen LogP contribution in [0.1, 0.15) is 238 Å². The molecule has 682 valence electrons. The molecule has 0 aliphatic heterocycles. The van der Waals surface area contributed by atoms with Gasteiger partial charge in [0.05, 0.1) is 5.52 Å². The molecule has 0 bridgehead atoms. The van der Waals surface area contributed by atoms with Gasteiger partial charge in [0.15, 0.2) is 0 Å². The molecule has 0 spiro atoms. The Hall–Kier alpha value is -12.8. The second-order valence-corrected chi connectivity index (χ2v) is 30.3. The van der Waals surface area contributed by atoms with Crippen LogP contribution in [0.25, 0.3) is 186 Å². The zero-order chi connectivity index (χ0) is 95.6. The van der Waals surface area contributed by atoms with E-state index in [1.165, 1.54) is 230 Å². The SMILES string of the molecule is CC.CC.CC.CC.CC.CC.CC.CC.CC.CC.CC.CC.CCn1c2cc3c(cc2c2c4ccccc4ccc21)-c1c(ccc2ccccc12)C3.CCn1c2cc3c(cc2c2c4ccccc4ccc21)Cc1ccccc1-3.CCn1c2cc3c(cc2c2cc4ccccc4cc21)Cc1ccccc1-3.CCn1c2cc3c(cc2c2ccc4ccccc4c21)Cc1ccccc1-3. The van der Waals surface area contributed by atoms with Crippen LogP contribution in [0.2, 0.25) is 0 Å². The topological polar surface area (TPSA) is 19.7 Å². The highest BCUT2D eigenvalue weighted by Gasteiger charge is 2.28. The molecule has 17 aromatic carbocycles. The minimum Gasteiger partial charge on any atom is -0.341 e. The summed E-state index contributed by atoms with van der Waals surface area (Å²) in [5.41, 5.74) is 33.8. The Morgan fingerprint density at radius 3 is 0.902 bits per heavy atom. The summed E-state index contributed by atoms with van der Waals surface area (Å²) in [7, 11) is 0. The summed E-state index contributed by atoms with van der Waals surface area (Å²) in [6.45, 7) is 60.9. The number of hydrogen-bond acceptors (Lipinski definition) is 0. The summed E-state index contributed by atoms with van der Waals surface area (Å²) < 4.78 is 9.92. The van der Waals surface area contributed by atoms with Crippen LogP contribution >= 0.6 is 0 Å². The van der Waals surface area contributed by atoms with Crippen LogP contribution < -0.4 is 0 Å². The van der Waals surface area contributed by atoms with Crippen molar-refractivity contribution in [3.63, 3.8) is 0 Å². The first kappa shape index (κ1) is 101. The molecular formula is C128H150N4. The lowest BCUT2D eigenvalue weighted by Gasteiger charge is -2.08. The predicted octanol–water partition coefficient (Wildman–Crippen LogP) is 39.6. The maximum absolute atomic E-state index is 2.49. The standard InChI is InChI=1S/C29H21N.3C25H19N.12C2H6/c1-2-30-26-14-13-19-8-4-6-10-23(19)29(26)25-17-24-21(16-27(25)30)15-20-12-11-18-7-3-5-9-22(18)28(20)24;1-2-26-23-12-11-16-7-3-6-10-20(16)25(23)22-14-18-13-17-8-4-5-9-19(17)21(18)15-24(22)26;1-2-26-24-15-22-18(13-17-8-4-5-9-19(17)22)14-23(24)21-12-11-16-7-3-6-10-20(16)25(21)26;1-2-26-24-14-17-8-4-3-7-16(17)12-22(24)23-13-19-11-18-9-5-6-10-20(18)21(19)15-25(23)26;12*1-2/h3-14,16-17H,2,15H2,1H3;2*3-12,14-15H,2,13H2,1H3;3-10,12-15H,2,11H2,1H3;12*1-2H3. The number of rotatable bonds is 4. The Morgan fingerprint density at radius 2 is 0.455 bits per heavy atom. The van der Waals surface area contributed by atoms with E-state index in [9.17, 15) is 0 Å². The minimum atomic E-state index is 0.979. The maximum Gasteiger partial charge on any atom is 0.0570 e. The molecule has 4 aliphatic rings. The lowest BCUT2D eigenvalue weighted by molar-refractivity contribution is 0.827. The van der Waals surface area contributed by atoms with Gasteiger partial charge < -0.3 is 18.3 Å². The minimum absolute atomic E-state index is 0.979. The Balaban J connectivity index is 0.000000170. The molecule has 0 saturated carbocycles. The monoisotopic (exact) mass is 1740 g/mol. The van der Waals surface area contributed by atoms with E-state index in [-0.39, 0.29) is 0 Å². The van der Waals surface area contributed by atoms with E-state index in [1.54, 1.807) is 0 Å². The summed E-state index contributed by atoms with van der Waals surface area (Å²) in [6.07, 6.45) is 4.17. The average molecular weight is 1740 g/mol. The van der Waals surface area contributed by atoms with Gasteiger partial charge in [-0.3, -0.25) is 0 Å². The first-order chi connectivity index (χ1) is 65.4. The molecule has 0 atom stereocenters. The highest BCUT2D eigenvalue weighted by Crippen LogP contribution is 2.49. The summed E-state index contributed by atoms with van der Waals surface area (Å²) in [6, 6.07) is 113. The zero-order valence-electron chi connectivity index (χ0n) is 85.3. The number of aromatic nitrogens is 4. The van der Waals surface area contributed by atoms with E-state index in [1.807, 2.05) is 166 Å². The molecule has 25 rings (SSSR count). The fourth-order valence-electron chi connectivity index (χ4n) is 20.1. The quantitative estimate of drug-likeness (QED) is 0.167. The third-order valence-electron chi connectivity index (χ3n) is 24.9. The molecular weight excluding hydrogens is 1590 g/mol. The Kier molecular flexibility index (Phi) is 37.2. The van der Waals surface area contributed by atoms with Crippen LogP contribution in [-0.4, -0.2) is 18.3 Å². The van der Waals surface area contributed by atoms with E-state index in [0.717, 1.165) is 51.9 Å². The number of benzene rings is 17. The van der Waals surface area contributed by atoms with Gasteiger partial charge in [-0.15, -0.1) is 0 Å². The summed E-state index contributed by atoms with van der Waals surface area (Å²) in [5, 5.41) is 24.4. The first-order valence-electron chi connectivity index (χ1n) is 51.0. The molecule has 0 saturated heterocycles. The van der Waals surface area contributed by atoms with Gasteiger partial charge in [-0.25, -0.2) is 0 Å². The van der Waals surface area contributed by atoms with Gasteiger partial charge in [0.1, 0.15) is 0 Å². The van der Waals surface area contributed by atoms with Gasteiger partial charge in [-0.2, -0.15) is 0 Å². The Labute approximate surface area is 792 Å². The second-order valence-electron chi connectivity index (χ2n) is 30.3. The van der Waals surface area contributed by atoms with Crippen molar-refractivity contribution in [1.29, 1.82) is 0 Å². The van der Waals surface area contributed by atoms with Crippen LogP contribution in [0, 0.1) is 0 Å². The Morgan fingerprint density at radius 1 is 0.167 bits per heavy atom. The van der Waals surface area contributed by atoms with Crippen LogP contribution in [0.15, 0.2) is 303 Å².